The van der Waals surface area contributed by atoms with Gasteiger partial charge in [0.25, 0.3) is 11.6 Å². The molecular formula is C21H22ClN3O5. The summed E-state index contributed by atoms with van der Waals surface area (Å²) in [6, 6.07) is 11.8. The minimum atomic E-state index is -0.466. The van der Waals surface area contributed by atoms with Gasteiger partial charge < -0.3 is 15.0 Å². The van der Waals surface area contributed by atoms with E-state index in [1.165, 1.54) is 6.07 Å². The molecule has 2 aromatic carbocycles. The summed E-state index contributed by atoms with van der Waals surface area (Å²) in [6.07, 6.45) is 0.993. The highest BCUT2D eigenvalue weighted by Crippen LogP contribution is 2.31. The van der Waals surface area contributed by atoms with Crippen molar-refractivity contribution < 1.29 is 19.2 Å². The third-order valence-electron chi connectivity index (χ3n) is 4.99. The molecule has 9 heteroatoms. The molecule has 158 valence electrons. The Hall–Kier alpha value is -3.13. The van der Waals surface area contributed by atoms with Gasteiger partial charge >= 0.3 is 5.97 Å². The average Bonchev–Trinajstić information content (AvgIpc) is 2.74. The number of carbonyl (C=O) groups is 2. The molecule has 0 aliphatic carbocycles. The van der Waals surface area contributed by atoms with Crippen molar-refractivity contribution >= 4 is 40.5 Å². The van der Waals surface area contributed by atoms with Crippen molar-refractivity contribution in [1.82, 2.24) is 0 Å². The smallest absolute Gasteiger partial charge is 0.309 e. The molecule has 0 aromatic heterocycles. The number of hydrogen-bond donors (Lipinski definition) is 1. The Balaban J connectivity index is 1.49. The Morgan fingerprint density at radius 2 is 1.93 bits per heavy atom. The van der Waals surface area contributed by atoms with Gasteiger partial charge in [0.05, 0.1) is 21.6 Å². The van der Waals surface area contributed by atoms with Crippen LogP contribution >= 0.6 is 11.6 Å². The number of benzene rings is 2. The molecule has 0 spiro atoms. The van der Waals surface area contributed by atoms with E-state index in [1.54, 1.807) is 30.3 Å². The van der Waals surface area contributed by atoms with Gasteiger partial charge in [-0.1, -0.05) is 29.8 Å². The molecule has 0 bridgehead atoms. The Kier molecular flexibility index (Phi) is 6.89. The third-order valence-corrected chi connectivity index (χ3v) is 5.30. The van der Waals surface area contributed by atoms with Gasteiger partial charge in [-0.05, 0) is 43.5 Å². The van der Waals surface area contributed by atoms with E-state index in [0.29, 0.717) is 42.3 Å². The van der Waals surface area contributed by atoms with Gasteiger partial charge in [0.1, 0.15) is 5.69 Å². The number of carbonyl (C=O) groups excluding carboxylic acids is 2. The van der Waals surface area contributed by atoms with E-state index < -0.39 is 23.4 Å². The van der Waals surface area contributed by atoms with E-state index in [0.717, 1.165) is 5.56 Å². The van der Waals surface area contributed by atoms with Crippen LogP contribution in [0.25, 0.3) is 0 Å². The number of amides is 1. The summed E-state index contributed by atoms with van der Waals surface area (Å²) in [4.78, 5) is 37.1. The number of halogens is 1. The molecule has 0 radical (unpaired) electrons. The largest absolute Gasteiger partial charge is 0.455 e. The van der Waals surface area contributed by atoms with Gasteiger partial charge in [-0.2, -0.15) is 0 Å². The number of nitrogens with zero attached hydrogens (tertiary/aromatic N) is 2. The number of esters is 1. The monoisotopic (exact) mass is 431 g/mol. The first-order valence-corrected chi connectivity index (χ1v) is 9.94. The van der Waals surface area contributed by atoms with Crippen LogP contribution in [0.4, 0.5) is 17.1 Å². The van der Waals surface area contributed by atoms with Crippen LogP contribution in [0.1, 0.15) is 18.4 Å². The third kappa shape index (κ3) is 5.27. The van der Waals surface area contributed by atoms with Crippen molar-refractivity contribution in [3.8, 4) is 0 Å². The highest BCUT2D eigenvalue weighted by molar-refractivity contribution is 6.33. The second-order valence-electron chi connectivity index (χ2n) is 7.15. The number of anilines is 2. The van der Waals surface area contributed by atoms with Crippen LogP contribution in [0.15, 0.2) is 42.5 Å². The highest BCUT2D eigenvalue weighted by Gasteiger charge is 2.29. The van der Waals surface area contributed by atoms with E-state index in [-0.39, 0.29) is 11.6 Å². The van der Waals surface area contributed by atoms with Gasteiger partial charge in [0.15, 0.2) is 6.61 Å². The van der Waals surface area contributed by atoms with E-state index in [1.807, 2.05) is 17.9 Å². The fourth-order valence-electron chi connectivity index (χ4n) is 3.40. The first-order valence-electron chi connectivity index (χ1n) is 9.56. The molecule has 1 amide bonds. The predicted octanol–water partition coefficient (Wildman–Crippen LogP) is 3.95. The van der Waals surface area contributed by atoms with Gasteiger partial charge in [-0.25, -0.2) is 0 Å². The summed E-state index contributed by atoms with van der Waals surface area (Å²) in [7, 11) is 0. The summed E-state index contributed by atoms with van der Waals surface area (Å²) >= 11 is 6.08. The summed E-state index contributed by atoms with van der Waals surface area (Å²) in [5.74, 6) is -1.26. The van der Waals surface area contributed by atoms with Crippen molar-refractivity contribution in [3.05, 3.63) is 63.2 Å². The quantitative estimate of drug-likeness (QED) is 0.422. The average molecular weight is 432 g/mol. The van der Waals surface area contributed by atoms with E-state index in [9.17, 15) is 19.7 Å². The Morgan fingerprint density at radius 1 is 1.23 bits per heavy atom. The summed E-state index contributed by atoms with van der Waals surface area (Å²) < 4.78 is 5.16. The lowest BCUT2D eigenvalue weighted by molar-refractivity contribution is -0.384. The summed E-state index contributed by atoms with van der Waals surface area (Å²) in [5, 5.41) is 14.2. The maximum atomic E-state index is 12.3. The number of aryl methyl sites for hydroxylation is 1. The number of nitrogens with one attached hydrogen (secondary N) is 1. The number of piperidine rings is 1. The van der Waals surface area contributed by atoms with E-state index in [2.05, 4.69) is 5.32 Å². The Morgan fingerprint density at radius 3 is 2.60 bits per heavy atom. The second-order valence-corrected chi connectivity index (χ2v) is 7.55. The molecule has 0 unspecified atom stereocenters. The molecule has 8 nitrogen and oxygen atoms in total. The minimum Gasteiger partial charge on any atom is -0.455 e. The van der Waals surface area contributed by atoms with Crippen LogP contribution in [0.5, 0.6) is 0 Å². The van der Waals surface area contributed by atoms with Crippen LogP contribution in [0, 0.1) is 23.0 Å². The van der Waals surface area contributed by atoms with Gasteiger partial charge in [0.2, 0.25) is 0 Å². The molecule has 1 aliphatic rings. The lowest BCUT2D eigenvalue weighted by Gasteiger charge is -2.32. The molecular weight excluding hydrogens is 410 g/mol. The molecule has 1 fully saturated rings. The van der Waals surface area contributed by atoms with Crippen molar-refractivity contribution in [3.63, 3.8) is 0 Å². The molecule has 1 heterocycles. The van der Waals surface area contributed by atoms with Crippen molar-refractivity contribution in [2.75, 3.05) is 29.9 Å². The maximum Gasteiger partial charge on any atom is 0.309 e. The fraction of sp³-hybridized carbons (Fsp3) is 0.333. The second kappa shape index (κ2) is 9.58. The van der Waals surface area contributed by atoms with Gasteiger partial charge in [-0.3, -0.25) is 19.7 Å². The molecule has 1 N–H and O–H groups in total. The predicted molar refractivity (Wildman–Crippen MR) is 114 cm³/mol. The number of nitro groups is 1. The van der Waals surface area contributed by atoms with E-state index in [4.69, 9.17) is 16.3 Å². The first-order chi connectivity index (χ1) is 14.3. The summed E-state index contributed by atoms with van der Waals surface area (Å²) in [6.45, 7) is 2.49. The van der Waals surface area contributed by atoms with Crippen LogP contribution in [0.3, 0.4) is 0 Å². The number of hydrogen-bond acceptors (Lipinski definition) is 6. The van der Waals surface area contributed by atoms with Gasteiger partial charge in [0, 0.05) is 19.2 Å². The number of nitro benzene ring substituents is 1. The number of para-hydroxylation sites is 2. The van der Waals surface area contributed by atoms with Gasteiger partial charge in [-0.15, -0.1) is 0 Å². The zero-order valence-electron chi connectivity index (χ0n) is 16.5. The maximum absolute atomic E-state index is 12.3. The first kappa shape index (κ1) is 21.6. The van der Waals surface area contributed by atoms with Crippen LogP contribution in [0.2, 0.25) is 5.02 Å². The van der Waals surface area contributed by atoms with Crippen molar-refractivity contribution in [1.29, 1.82) is 0 Å². The fourth-order valence-corrected chi connectivity index (χ4v) is 3.69. The summed E-state index contributed by atoms with van der Waals surface area (Å²) in [5.41, 5.74) is 2.02. The normalized spacial score (nSPS) is 14.3. The Labute approximate surface area is 178 Å². The van der Waals surface area contributed by atoms with Crippen molar-refractivity contribution in [2.24, 2.45) is 5.92 Å². The zero-order valence-corrected chi connectivity index (χ0v) is 17.2. The molecule has 1 aliphatic heterocycles. The van der Waals surface area contributed by atoms with Crippen LogP contribution in [-0.4, -0.2) is 36.5 Å². The molecule has 1 saturated heterocycles. The molecule has 0 atom stereocenters. The number of rotatable bonds is 6. The SMILES string of the molecule is Cc1ccc(NC(=O)COC(=O)C2CCN(c3ccccc3[N+](=O)[O-])CC2)c(Cl)c1. The van der Waals surface area contributed by atoms with Crippen LogP contribution < -0.4 is 10.2 Å². The zero-order chi connectivity index (χ0) is 21.7. The minimum absolute atomic E-state index is 0.0463. The van der Waals surface area contributed by atoms with Crippen LogP contribution in [-0.2, 0) is 14.3 Å². The topological polar surface area (TPSA) is 102 Å². The number of ether oxygens (including phenoxy) is 1. The lowest BCUT2D eigenvalue weighted by atomic mass is 9.96. The van der Waals surface area contributed by atoms with E-state index >= 15 is 0 Å². The Bertz CT molecular complexity index is 957. The standard InChI is InChI=1S/C21H22ClN3O5/c1-14-6-7-17(16(22)12-14)23-20(26)13-30-21(27)15-8-10-24(11-9-15)18-4-2-3-5-19(18)25(28)29/h2-7,12,15H,8-11,13H2,1H3,(H,23,26). The highest BCUT2D eigenvalue weighted by atomic mass is 35.5. The van der Waals surface area contributed by atoms with Crippen molar-refractivity contribution in [2.45, 2.75) is 19.8 Å². The molecule has 2 aromatic rings. The molecule has 3 rings (SSSR count). The molecule has 0 saturated carbocycles. The molecule has 30 heavy (non-hydrogen) atoms. The lowest BCUT2D eigenvalue weighted by Crippen LogP contribution is -2.37.